The molecule has 2 atom stereocenters. The van der Waals surface area contributed by atoms with Gasteiger partial charge in [-0.15, -0.1) is 0 Å². The number of nitrogens with zero attached hydrogens (tertiary/aromatic N) is 3. The van der Waals surface area contributed by atoms with Crippen molar-refractivity contribution in [2.24, 2.45) is 0 Å². The lowest BCUT2D eigenvalue weighted by Gasteiger charge is -2.37. The van der Waals surface area contributed by atoms with E-state index in [0.29, 0.717) is 19.4 Å². The number of rotatable bonds is 3. The molecule has 0 spiro atoms. The molecule has 2 aliphatic rings. The third kappa shape index (κ3) is 2.77. The van der Waals surface area contributed by atoms with Crippen LogP contribution in [-0.4, -0.2) is 64.2 Å². The van der Waals surface area contributed by atoms with Gasteiger partial charge in [0.2, 0.25) is 11.7 Å². The Labute approximate surface area is 140 Å². The van der Waals surface area contributed by atoms with Gasteiger partial charge in [0.1, 0.15) is 5.25 Å². The van der Waals surface area contributed by atoms with Crippen LogP contribution in [0.4, 0.5) is 0 Å². The van der Waals surface area contributed by atoms with Crippen molar-refractivity contribution in [3.63, 3.8) is 0 Å². The summed E-state index contributed by atoms with van der Waals surface area (Å²) >= 11 is 0. The van der Waals surface area contributed by atoms with Gasteiger partial charge in [-0.25, -0.2) is 18.4 Å². The lowest BCUT2D eigenvalue weighted by molar-refractivity contribution is -0.122. The van der Waals surface area contributed by atoms with Gasteiger partial charge in [0, 0.05) is 18.9 Å². The predicted molar refractivity (Wildman–Crippen MR) is 85.9 cm³/mol. The highest BCUT2D eigenvalue weighted by Crippen LogP contribution is 2.31. The third-order valence-corrected chi connectivity index (χ3v) is 7.02. The molecular formula is C15H20N4O4S. The van der Waals surface area contributed by atoms with Gasteiger partial charge in [0.25, 0.3) is 5.91 Å². The number of hydrogen-bond acceptors (Lipinski definition) is 6. The molecule has 1 aromatic heterocycles. The molecule has 2 saturated heterocycles. The molecule has 2 amide bonds. The van der Waals surface area contributed by atoms with Crippen LogP contribution in [0.1, 0.15) is 37.3 Å². The van der Waals surface area contributed by atoms with Gasteiger partial charge < -0.3 is 10.2 Å². The second kappa shape index (κ2) is 5.80. The van der Waals surface area contributed by atoms with E-state index in [-0.39, 0.29) is 23.5 Å². The fraction of sp³-hybridized carbons (Fsp3) is 0.600. The molecule has 8 nitrogen and oxygen atoms in total. The van der Waals surface area contributed by atoms with Crippen molar-refractivity contribution >= 4 is 21.7 Å². The lowest BCUT2D eigenvalue weighted by Crippen LogP contribution is -2.58. The molecular weight excluding hydrogens is 332 g/mol. The van der Waals surface area contributed by atoms with E-state index in [2.05, 4.69) is 15.3 Å². The molecule has 3 heterocycles. The van der Waals surface area contributed by atoms with Crippen LogP contribution in [0.3, 0.4) is 0 Å². The van der Waals surface area contributed by atoms with Gasteiger partial charge >= 0.3 is 0 Å². The summed E-state index contributed by atoms with van der Waals surface area (Å²) in [6.45, 7) is 4.15. The Morgan fingerprint density at radius 1 is 1.25 bits per heavy atom. The normalized spacial score (nSPS) is 27.3. The zero-order chi connectivity index (χ0) is 17.5. The number of hydrogen-bond donors (Lipinski definition) is 1. The highest BCUT2D eigenvalue weighted by Gasteiger charge is 2.48. The van der Waals surface area contributed by atoms with Crippen LogP contribution < -0.4 is 5.32 Å². The van der Waals surface area contributed by atoms with E-state index in [1.165, 1.54) is 12.4 Å². The lowest BCUT2D eigenvalue weighted by atomic mass is 9.95. The molecule has 0 radical (unpaired) electrons. The maximum atomic E-state index is 12.6. The van der Waals surface area contributed by atoms with Gasteiger partial charge in [-0.3, -0.25) is 9.59 Å². The zero-order valence-corrected chi connectivity index (χ0v) is 14.4. The monoisotopic (exact) mass is 352 g/mol. The number of sulfone groups is 1. The molecule has 2 unspecified atom stereocenters. The first kappa shape index (κ1) is 16.8. The number of nitrogens with one attached hydrogen (secondary N) is 1. The molecule has 2 fully saturated rings. The molecule has 130 valence electrons. The summed E-state index contributed by atoms with van der Waals surface area (Å²) in [6.07, 6.45) is 3.93. The van der Waals surface area contributed by atoms with Crippen LogP contribution in [0.25, 0.3) is 0 Å². The molecule has 0 aliphatic carbocycles. The Morgan fingerprint density at radius 2 is 1.92 bits per heavy atom. The summed E-state index contributed by atoms with van der Waals surface area (Å²) in [5.41, 5.74) is -0.653. The first-order valence-corrected chi connectivity index (χ1v) is 9.56. The first-order valence-electron chi connectivity index (χ1n) is 7.84. The van der Waals surface area contributed by atoms with Crippen molar-refractivity contribution < 1.29 is 18.0 Å². The molecule has 1 aromatic rings. The maximum Gasteiger partial charge on any atom is 0.292 e. The van der Waals surface area contributed by atoms with Gasteiger partial charge in [0.15, 0.2) is 9.84 Å². The summed E-state index contributed by atoms with van der Waals surface area (Å²) in [7, 11) is -3.29. The average molecular weight is 352 g/mol. The first-order chi connectivity index (χ1) is 11.2. The largest absolute Gasteiger partial charge is 0.350 e. The minimum Gasteiger partial charge on any atom is -0.350 e. The zero-order valence-electron chi connectivity index (χ0n) is 13.6. The topological polar surface area (TPSA) is 109 Å². The van der Waals surface area contributed by atoms with E-state index < -0.39 is 26.5 Å². The van der Waals surface area contributed by atoms with Crippen molar-refractivity contribution in [1.29, 1.82) is 0 Å². The van der Waals surface area contributed by atoms with Crippen molar-refractivity contribution in [2.75, 3.05) is 12.3 Å². The molecule has 9 heteroatoms. The van der Waals surface area contributed by atoms with Gasteiger partial charge in [-0.05, 0) is 32.8 Å². The van der Waals surface area contributed by atoms with E-state index >= 15 is 0 Å². The number of amides is 2. The molecule has 0 bridgehead atoms. The molecule has 2 aliphatic heterocycles. The molecule has 3 rings (SSSR count). The predicted octanol–water partition coefficient (Wildman–Crippen LogP) is -0.227. The summed E-state index contributed by atoms with van der Waals surface area (Å²) in [5.74, 6) is -0.591. The Kier molecular flexibility index (Phi) is 4.06. The van der Waals surface area contributed by atoms with Crippen molar-refractivity contribution in [3.05, 3.63) is 24.3 Å². The Morgan fingerprint density at radius 3 is 2.46 bits per heavy atom. The second-order valence-electron chi connectivity index (χ2n) is 6.68. The molecule has 0 aromatic carbocycles. The minimum atomic E-state index is -3.29. The molecule has 1 N–H and O–H groups in total. The number of carbonyl (C=O) groups excluding carboxylic acids is 2. The van der Waals surface area contributed by atoms with Crippen LogP contribution in [0.15, 0.2) is 18.5 Å². The van der Waals surface area contributed by atoms with Crippen molar-refractivity contribution in [3.8, 4) is 0 Å². The fourth-order valence-corrected chi connectivity index (χ4v) is 4.47. The van der Waals surface area contributed by atoms with E-state index in [9.17, 15) is 18.0 Å². The maximum absolute atomic E-state index is 12.6. The number of likely N-dealkylation sites (tertiary alicyclic amines) is 1. The van der Waals surface area contributed by atoms with E-state index in [0.717, 1.165) is 0 Å². The SMILES string of the molecule is CC1(C)C(NC(=O)C2CCS2(=O)=O)CCN1C(=O)c1ncccn1. The Balaban J connectivity index is 1.72. The molecule has 24 heavy (non-hydrogen) atoms. The highest BCUT2D eigenvalue weighted by molar-refractivity contribution is 7.94. The second-order valence-corrected chi connectivity index (χ2v) is 8.98. The average Bonchev–Trinajstić information content (AvgIpc) is 2.81. The van der Waals surface area contributed by atoms with Gasteiger partial charge in [-0.1, -0.05) is 0 Å². The summed E-state index contributed by atoms with van der Waals surface area (Å²) in [5, 5.41) is 1.86. The summed E-state index contributed by atoms with van der Waals surface area (Å²) < 4.78 is 23.2. The van der Waals surface area contributed by atoms with Gasteiger partial charge in [0.05, 0.1) is 17.3 Å². The van der Waals surface area contributed by atoms with E-state index in [4.69, 9.17) is 0 Å². The number of aromatic nitrogens is 2. The number of carbonyl (C=O) groups is 2. The molecule has 0 saturated carbocycles. The van der Waals surface area contributed by atoms with Crippen LogP contribution in [0.2, 0.25) is 0 Å². The third-order valence-electron chi connectivity index (χ3n) is 4.90. The van der Waals surface area contributed by atoms with E-state index in [1.807, 2.05) is 13.8 Å². The van der Waals surface area contributed by atoms with Crippen LogP contribution in [0.5, 0.6) is 0 Å². The summed E-state index contributed by atoms with van der Waals surface area (Å²) in [6, 6.07) is 1.32. The van der Waals surface area contributed by atoms with Gasteiger partial charge in [-0.2, -0.15) is 0 Å². The van der Waals surface area contributed by atoms with Crippen molar-refractivity contribution in [1.82, 2.24) is 20.2 Å². The summed E-state index contributed by atoms with van der Waals surface area (Å²) in [4.78, 5) is 34.4. The fourth-order valence-electron chi connectivity index (χ4n) is 3.22. The Bertz CT molecular complexity index is 763. The van der Waals surface area contributed by atoms with Crippen LogP contribution >= 0.6 is 0 Å². The quantitative estimate of drug-likeness (QED) is 0.805. The minimum absolute atomic E-state index is 0.0646. The smallest absolute Gasteiger partial charge is 0.292 e. The van der Waals surface area contributed by atoms with Crippen molar-refractivity contribution in [2.45, 2.75) is 43.5 Å². The van der Waals surface area contributed by atoms with E-state index in [1.54, 1.807) is 11.0 Å². The van der Waals surface area contributed by atoms with Crippen LogP contribution in [0, 0.1) is 0 Å². The van der Waals surface area contributed by atoms with Crippen LogP contribution in [-0.2, 0) is 14.6 Å². The highest BCUT2D eigenvalue weighted by atomic mass is 32.2. The Hall–Kier alpha value is -2.03. The standard InChI is InChI=1S/C15H20N4O4S/c1-15(2)11(18-13(20)10-5-9-24(10,22)23)4-8-19(15)14(21)12-16-6-3-7-17-12/h3,6-7,10-11H,4-5,8-9H2,1-2H3,(H,18,20).